The monoisotopic (exact) mass is 356 g/mol. The van der Waals surface area contributed by atoms with Crippen LogP contribution in [0.2, 0.25) is 9.88 Å². The summed E-state index contributed by atoms with van der Waals surface area (Å²) < 4.78 is 3.27. The molecule has 1 aliphatic heterocycles. The molecule has 1 heterocycles. The van der Waals surface area contributed by atoms with Crippen LogP contribution in [-0.4, -0.2) is 18.4 Å². The van der Waals surface area contributed by atoms with Gasteiger partial charge < -0.3 is 0 Å². The standard InChI is InChI=1S/C16H14.2CH3.Sn/c1-13-3-7-15(8-4-13)11-12-16-9-5-14(2)6-10-16;;;/h3-7,9,11-12H,1-2H3;2*1H3;. The van der Waals surface area contributed by atoms with Crippen molar-refractivity contribution in [1.82, 2.24) is 0 Å². The summed E-state index contributed by atoms with van der Waals surface area (Å²) in [6.07, 6.45) is 4.60. The van der Waals surface area contributed by atoms with Crippen LogP contribution in [0, 0.1) is 13.8 Å². The van der Waals surface area contributed by atoms with Gasteiger partial charge in [0.05, 0.1) is 0 Å². The molecule has 0 saturated carbocycles. The second-order valence-electron chi connectivity index (χ2n) is 6.14. The Hall–Kier alpha value is -1.02. The Bertz CT molecular complexity index is 621. The van der Waals surface area contributed by atoms with E-state index >= 15 is 0 Å². The summed E-state index contributed by atoms with van der Waals surface area (Å²) in [4.78, 5) is 5.08. The van der Waals surface area contributed by atoms with Gasteiger partial charge in [-0.05, 0) is 0 Å². The first-order valence-corrected chi connectivity index (χ1v) is 15.4. The molecular weight excluding hydrogens is 335 g/mol. The Morgan fingerprint density at radius 1 is 0.684 bits per heavy atom. The third kappa shape index (κ3) is 2.16. The van der Waals surface area contributed by atoms with Crippen molar-refractivity contribution < 1.29 is 0 Å². The van der Waals surface area contributed by atoms with E-state index in [4.69, 9.17) is 0 Å². The Morgan fingerprint density at radius 3 is 1.53 bits per heavy atom. The molecule has 0 unspecified atom stereocenters. The molecule has 0 aromatic heterocycles. The van der Waals surface area contributed by atoms with Crippen LogP contribution in [0.1, 0.15) is 22.3 Å². The van der Waals surface area contributed by atoms with Gasteiger partial charge in [0.2, 0.25) is 0 Å². The molecule has 0 fully saturated rings. The fraction of sp³-hybridized carbons (Fsp3) is 0.222. The van der Waals surface area contributed by atoms with E-state index in [-0.39, 0.29) is 0 Å². The maximum absolute atomic E-state index is 2.54. The second-order valence-corrected chi connectivity index (χ2v) is 18.5. The summed E-state index contributed by atoms with van der Waals surface area (Å²) >= 11 is -2.45. The van der Waals surface area contributed by atoms with Gasteiger partial charge in [0.15, 0.2) is 0 Å². The van der Waals surface area contributed by atoms with E-state index in [0.29, 0.717) is 0 Å². The Morgan fingerprint density at radius 2 is 1.11 bits per heavy atom. The van der Waals surface area contributed by atoms with Crippen LogP contribution in [0.5, 0.6) is 0 Å². The van der Waals surface area contributed by atoms with Gasteiger partial charge in [0.1, 0.15) is 0 Å². The van der Waals surface area contributed by atoms with E-state index in [1.165, 1.54) is 22.3 Å². The molecule has 0 atom stereocenters. The number of rotatable bonds is 0. The molecule has 3 rings (SSSR count). The molecule has 0 amide bonds. The average Bonchev–Trinajstić information content (AvgIpc) is 2.47. The molecule has 0 saturated heterocycles. The van der Waals surface area contributed by atoms with Crippen molar-refractivity contribution in [3.05, 3.63) is 58.7 Å². The summed E-state index contributed by atoms with van der Waals surface area (Å²) in [5.74, 6) is 0. The van der Waals surface area contributed by atoms with Crippen molar-refractivity contribution in [3.8, 4) is 0 Å². The van der Waals surface area contributed by atoms with E-state index in [1.807, 2.05) is 0 Å². The zero-order chi connectivity index (χ0) is 13.6. The summed E-state index contributed by atoms with van der Waals surface area (Å²) in [5, 5.41) is 0. The van der Waals surface area contributed by atoms with Crippen LogP contribution in [0.15, 0.2) is 36.4 Å². The first-order valence-electron chi connectivity index (χ1n) is 6.89. The maximum atomic E-state index is 2.54. The number of hydrogen-bond donors (Lipinski definition) is 0. The summed E-state index contributed by atoms with van der Waals surface area (Å²) in [6.45, 7) is 4.40. The molecule has 1 aliphatic rings. The Balaban J connectivity index is 2.34. The second kappa shape index (κ2) is 4.52. The van der Waals surface area contributed by atoms with Crippen molar-refractivity contribution in [1.29, 1.82) is 0 Å². The topological polar surface area (TPSA) is 0 Å². The summed E-state index contributed by atoms with van der Waals surface area (Å²) in [6, 6.07) is 13.9. The number of hydrogen-bond acceptors (Lipinski definition) is 0. The molecule has 0 spiro atoms. The van der Waals surface area contributed by atoms with Crippen molar-refractivity contribution in [2.24, 2.45) is 0 Å². The van der Waals surface area contributed by atoms with E-state index in [1.54, 1.807) is 7.16 Å². The van der Waals surface area contributed by atoms with Crippen LogP contribution in [0.3, 0.4) is 0 Å². The molecule has 0 aliphatic carbocycles. The molecule has 0 nitrogen and oxygen atoms in total. The minimum atomic E-state index is -2.45. The van der Waals surface area contributed by atoms with Gasteiger partial charge in [-0.2, -0.15) is 0 Å². The molecule has 0 bridgehead atoms. The zero-order valence-corrected chi connectivity index (χ0v) is 15.0. The van der Waals surface area contributed by atoms with Gasteiger partial charge in [-0.15, -0.1) is 0 Å². The van der Waals surface area contributed by atoms with Crippen molar-refractivity contribution in [2.75, 3.05) is 0 Å². The minimum absolute atomic E-state index is 1.38. The third-order valence-corrected chi connectivity index (χ3v) is 14.4. The first kappa shape index (κ1) is 13.0. The predicted octanol–water partition coefficient (Wildman–Crippen LogP) is 3.61. The third-order valence-electron chi connectivity index (χ3n) is 4.21. The first-order chi connectivity index (χ1) is 8.98. The van der Waals surface area contributed by atoms with Gasteiger partial charge in [-0.1, -0.05) is 0 Å². The van der Waals surface area contributed by atoms with Gasteiger partial charge >= 0.3 is 120 Å². The zero-order valence-electron chi connectivity index (χ0n) is 12.1. The van der Waals surface area contributed by atoms with Gasteiger partial charge in [-0.25, -0.2) is 0 Å². The predicted molar refractivity (Wildman–Crippen MR) is 88.0 cm³/mol. The van der Waals surface area contributed by atoms with Gasteiger partial charge in [0.25, 0.3) is 0 Å². The van der Waals surface area contributed by atoms with E-state index in [2.05, 4.69) is 72.3 Å². The number of benzene rings is 2. The molecule has 19 heavy (non-hydrogen) atoms. The molecule has 96 valence electrons. The molecule has 2 aromatic rings. The molecule has 0 N–H and O–H groups in total. The summed E-state index contributed by atoms with van der Waals surface area (Å²) in [5.41, 5.74) is 5.63. The van der Waals surface area contributed by atoms with Crippen LogP contribution < -0.4 is 7.16 Å². The molecule has 0 radical (unpaired) electrons. The molecule has 1 heteroatoms. The average molecular weight is 355 g/mol. The van der Waals surface area contributed by atoms with Crippen molar-refractivity contribution in [2.45, 2.75) is 23.7 Å². The SMILES string of the molecule is Cc1ccc2[c](c1)[Sn]([CH3])([CH3])[c]1cc(C)ccc1C=C2. The van der Waals surface area contributed by atoms with E-state index in [9.17, 15) is 0 Å². The number of fused-ring (bicyclic) bond motifs is 2. The fourth-order valence-electron chi connectivity index (χ4n) is 3.04. The normalized spacial score (nSPS) is 15.6. The van der Waals surface area contributed by atoms with Crippen molar-refractivity contribution >= 4 is 37.7 Å². The molecular formula is C18H20Sn. The quantitative estimate of drug-likeness (QED) is 0.634. The summed E-state index contributed by atoms with van der Waals surface area (Å²) in [7, 11) is 0. The Labute approximate surface area is 120 Å². The van der Waals surface area contributed by atoms with Crippen LogP contribution >= 0.6 is 0 Å². The van der Waals surface area contributed by atoms with Crippen LogP contribution in [-0.2, 0) is 0 Å². The van der Waals surface area contributed by atoms with Gasteiger partial charge in [0, 0.05) is 0 Å². The number of aryl methyl sites for hydroxylation is 2. The van der Waals surface area contributed by atoms with Crippen LogP contribution in [0.25, 0.3) is 12.2 Å². The van der Waals surface area contributed by atoms with E-state index in [0.717, 1.165) is 0 Å². The van der Waals surface area contributed by atoms with Crippen molar-refractivity contribution in [3.63, 3.8) is 0 Å². The van der Waals surface area contributed by atoms with Crippen LogP contribution in [0.4, 0.5) is 0 Å². The van der Waals surface area contributed by atoms with Gasteiger partial charge in [-0.3, -0.25) is 0 Å². The molecule has 2 aromatic carbocycles. The Kier molecular flexibility index (Phi) is 3.09. The fourth-order valence-corrected chi connectivity index (χ4v) is 12.3. The van der Waals surface area contributed by atoms with E-state index < -0.39 is 18.4 Å².